The van der Waals surface area contributed by atoms with Crippen LogP contribution in [0.4, 0.5) is 0 Å². The topological polar surface area (TPSA) is 0 Å². The molecule has 2 heteroatoms. The van der Waals surface area contributed by atoms with Gasteiger partial charge in [-0.1, -0.05) is 137 Å². The lowest BCUT2D eigenvalue weighted by atomic mass is 9.59. The zero-order valence-corrected chi connectivity index (χ0v) is 25.5. The minimum Gasteiger partial charge on any atom is -0.0622 e. The van der Waals surface area contributed by atoms with Crippen molar-refractivity contribution in [1.29, 1.82) is 0 Å². The maximum Gasteiger partial charge on any atom is 0.0714 e. The van der Waals surface area contributed by atoms with Crippen molar-refractivity contribution in [3.63, 3.8) is 0 Å². The van der Waals surface area contributed by atoms with E-state index in [9.17, 15) is 0 Å². The van der Waals surface area contributed by atoms with Crippen LogP contribution in [-0.2, 0) is 10.8 Å². The van der Waals surface area contributed by atoms with Gasteiger partial charge >= 0.3 is 0 Å². The maximum absolute atomic E-state index is 3.90. The predicted molar refractivity (Wildman–Crippen MR) is 174 cm³/mol. The lowest BCUT2D eigenvalue weighted by Crippen LogP contribution is -2.34. The minimum absolute atomic E-state index is 0.100. The van der Waals surface area contributed by atoms with E-state index in [-0.39, 0.29) is 5.41 Å². The molecule has 6 aromatic rings. The molecule has 0 radical (unpaired) electrons. The van der Waals surface area contributed by atoms with Crippen molar-refractivity contribution in [2.75, 3.05) is 0 Å². The highest BCUT2D eigenvalue weighted by molar-refractivity contribution is 9.11. The average Bonchev–Trinajstić information content (AvgIpc) is 3.20. The first-order chi connectivity index (χ1) is 19.4. The lowest BCUT2D eigenvalue weighted by molar-refractivity contribution is 0.658. The fourth-order valence-corrected chi connectivity index (χ4v) is 8.33. The Morgan fingerprint density at radius 2 is 1.07 bits per heavy atom. The molecule has 6 aromatic carbocycles. The van der Waals surface area contributed by atoms with Crippen LogP contribution in [0.2, 0.25) is 0 Å². The van der Waals surface area contributed by atoms with Crippen LogP contribution in [0, 0.1) is 0 Å². The molecule has 0 amide bonds. The van der Waals surface area contributed by atoms with Gasteiger partial charge in [0, 0.05) is 14.4 Å². The summed E-state index contributed by atoms with van der Waals surface area (Å²) in [6.45, 7) is 4.73. The van der Waals surface area contributed by atoms with Gasteiger partial charge in [0.2, 0.25) is 0 Å². The second-order valence-corrected chi connectivity index (χ2v) is 13.3. The van der Waals surface area contributed by atoms with E-state index < -0.39 is 5.41 Å². The van der Waals surface area contributed by atoms with E-state index in [1.807, 2.05) is 0 Å². The summed E-state index contributed by atoms with van der Waals surface area (Å²) in [6, 6.07) is 45.4. The second-order valence-electron chi connectivity index (χ2n) is 11.6. The molecule has 0 nitrogen and oxygen atoms in total. The molecule has 2 aliphatic carbocycles. The van der Waals surface area contributed by atoms with E-state index in [0.717, 1.165) is 8.95 Å². The van der Waals surface area contributed by atoms with E-state index in [0.29, 0.717) is 0 Å². The summed E-state index contributed by atoms with van der Waals surface area (Å²) >= 11 is 7.65. The van der Waals surface area contributed by atoms with Crippen LogP contribution in [0.5, 0.6) is 0 Å². The fourth-order valence-electron chi connectivity index (χ4n) is 7.50. The molecule has 2 aliphatic rings. The third-order valence-electron chi connectivity index (χ3n) is 9.28. The van der Waals surface area contributed by atoms with Gasteiger partial charge in [0.1, 0.15) is 0 Å². The second kappa shape index (κ2) is 8.52. The van der Waals surface area contributed by atoms with Crippen molar-refractivity contribution in [1.82, 2.24) is 0 Å². The molecule has 0 bridgehead atoms. The zero-order chi connectivity index (χ0) is 27.2. The molecule has 0 aromatic heterocycles. The summed E-state index contributed by atoms with van der Waals surface area (Å²) < 4.78 is 2.26. The number of hydrogen-bond donors (Lipinski definition) is 0. The molecular weight excluding hydrogens is 616 g/mol. The van der Waals surface area contributed by atoms with E-state index in [4.69, 9.17) is 0 Å². The van der Waals surface area contributed by atoms with Gasteiger partial charge in [-0.2, -0.15) is 0 Å². The van der Waals surface area contributed by atoms with Gasteiger partial charge in [0.25, 0.3) is 0 Å². The third-order valence-corrected chi connectivity index (χ3v) is 10.5. The molecule has 0 atom stereocenters. The van der Waals surface area contributed by atoms with Crippen LogP contribution >= 0.6 is 31.9 Å². The number of rotatable bonds is 2. The number of fused-ring (bicyclic) bond motifs is 5. The summed E-state index contributed by atoms with van der Waals surface area (Å²) in [5.74, 6) is 0. The van der Waals surface area contributed by atoms with Gasteiger partial charge in [-0.05, 0) is 96.7 Å². The highest BCUT2D eigenvalue weighted by Crippen LogP contribution is 2.59. The van der Waals surface area contributed by atoms with Crippen LogP contribution < -0.4 is 0 Å². The molecule has 40 heavy (non-hydrogen) atoms. The van der Waals surface area contributed by atoms with E-state index >= 15 is 0 Å². The normalized spacial score (nSPS) is 15.4. The highest BCUT2D eigenvalue weighted by Gasteiger charge is 2.46. The van der Waals surface area contributed by atoms with Crippen molar-refractivity contribution in [3.05, 3.63) is 164 Å². The molecule has 8 rings (SSSR count). The first-order valence-corrected chi connectivity index (χ1v) is 15.3. The van der Waals surface area contributed by atoms with Crippen LogP contribution in [0.25, 0.3) is 33.0 Å². The molecule has 0 heterocycles. The van der Waals surface area contributed by atoms with Gasteiger partial charge in [-0.15, -0.1) is 0 Å². The zero-order valence-electron chi connectivity index (χ0n) is 22.3. The van der Waals surface area contributed by atoms with Gasteiger partial charge in [0.05, 0.1) is 5.41 Å². The number of benzene rings is 6. The van der Waals surface area contributed by atoms with Crippen LogP contribution in [0.1, 0.15) is 47.2 Å². The van der Waals surface area contributed by atoms with Crippen LogP contribution in [0.3, 0.4) is 0 Å². The van der Waals surface area contributed by atoms with Crippen LogP contribution in [0.15, 0.2) is 130 Å². The molecule has 0 unspecified atom stereocenters. The molecule has 0 aliphatic heterocycles. The molecule has 192 valence electrons. The minimum atomic E-state index is -0.470. The first kappa shape index (κ1) is 24.3. The van der Waals surface area contributed by atoms with Crippen molar-refractivity contribution >= 4 is 42.6 Å². The fraction of sp³-hybridized carbons (Fsp3) is 0.105. The Labute approximate surface area is 252 Å². The first-order valence-electron chi connectivity index (χ1n) is 13.7. The van der Waals surface area contributed by atoms with E-state index in [1.54, 1.807) is 0 Å². The summed E-state index contributed by atoms with van der Waals surface area (Å²) in [6.07, 6.45) is 0. The Morgan fingerprint density at radius 3 is 1.77 bits per heavy atom. The van der Waals surface area contributed by atoms with E-state index in [2.05, 4.69) is 167 Å². The molecule has 0 fully saturated rings. The third kappa shape index (κ3) is 3.07. The van der Waals surface area contributed by atoms with Gasteiger partial charge in [-0.3, -0.25) is 0 Å². The van der Waals surface area contributed by atoms with Gasteiger partial charge in [-0.25, -0.2) is 0 Å². The lowest BCUT2D eigenvalue weighted by Gasteiger charge is -2.43. The number of hydrogen-bond acceptors (Lipinski definition) is 0. The summed E-state index contributed by atoms with van der Waals surface area (Å²) in [7, 11) is 0. The summed E-state index contributed by atoms with van der Waals surface area (Å²) in [4.78, 5) is 0. The Bertz CT molecular complexity index is 1950. The van der Waals surface area contributed by atoms with Crippen LogP contribution in [-0.4, -0.2) is 0 Å². The summed E-state index contributed by atoms with van der Waals surface area (Å²) in [5.41, 5.74) is 12.8. The molecule has 0 N–H and O–H groups in total. The SMILES string of the molecule is CC1(C)c2cc(Br)ccc2-c2cc3c(cc21)-c1ccc(Br)c2cccc(c12)C3(c1ccccc1)c1ccccc1. The highest BCUT2D eigenvalue weighted by atomic mass is 79.9. The van der Waals surface area contributed by atoms with Gasteiger partial charge in [0.15, 0.2) is 0 Å². The number of halogens is 2. The molecular formula is C38H26Br2. The smallest absolute Gasteiger partial charge is 0.0622 e. The Balaban J connectivity index is 1.62. The quantitative estimate of drug-likeness (QED) is 0.176. The van der Waals surface area contributed by atoms with Crippen molar-refractivity contribution in [2.24, 2.45) is 0 Å². The van der Waals surface area contributed by atoms with Crippen molar-refractivity contribution in [3.8, 4) is 22.3 Å². The predicted octanol–water partition coefficient (Wildman–Crippen LogP) is 11.0. The van der Waals surface area contributed by atoms with E-state index in [1.165, 1.54) is 66.4 Å². The molecule has 0 saturated heterocycles. The van der Waals surface area contributed by atoms with Crippen molar-refractivity contribution < 1.29 is 0 Å². The average molecular weight is 642 g/mol. The maximum atomic E-state index is 3.90. The summed E-state index contributed by atoms with van der Waals surface area (Å²) in [5, 5.41) is 2.58. The monoisotopic (exact) mass is 640 g/mol. The van der Waals surface area contributed by atoms with Crippen molar-refractivity contribution in [2.45, 2.75) is 24.7 Å². The standard InChI is InChI=1S/C38H26Br2/c1-37(2)32-20-25(39)16-17-26(32)29-22-34-30(21-33(29)37)27-18-19-35(40)28-14-9-15-31(36(27)28)38(34,23-10-5-3-6-11-23)24-12-7-4-8-13-24/h3-22H,1-2H3. The Hall–Kier alpha value is -3.46. The molecule has 0 spiro atoms. The Morgan fingerprint density at radius 1 is 0.475 bits per heavy atom. The van der Waals surface area contributed by atoms with Gasteiger partial charge < -0.3 is 0 Å². The largest absolute Gasteiger partial charge is 0.0714 e. The molecule has 0 saturated carbocycles. The Kier molecular flexibility index (Phi) is 5.19.